The molecule has 0 radical (unpaired) electrons. The second-order valence-electron chi connectivity index (χ2n) is 4.90. The van der Waals surface area contributed by atoms with Gasteiger partial charge in [0.25, 0.3) is 5.91 Å². The average molecular weight is 277 g/mol. The van der Waals surface area contributed by atoms with Crippen LogP contribution < -0.4 is 11.1 Å². The van der Waals surface area contributed by atoms with Crippen LogP contribution in [0.15, 0.2) is 24.3 Å². The number of nitrogen functional groups attached to an aromatic ring is 1. The number of carbonyl (C=O) groups is 1. The largest absolute Gasteiger partial charge is 0.397 e. The van der Waals surface area contributed by atoms with Gasteiger partial charge in [-0.05, 0) is 18.6 Å². The van der Waals surface area contributed by atoms with Crippen LogP contribution in [0.5, 0.6) is 0 Å². The smallest absolute Gasteiger partial charge is 0.268 e. The van der Waals surface area contributed by atoms with Crippen LogP contribution in [-0.4, -0.2) is 39.9 Å². The molecule has 2 rings (SSSR count). The van der Waals surface area contributed by atoms with Gasteiger partial charge in [0, 0.05) is 5.39 Å². The molecule has 1 aromatic carbocycles. The van der Waals surface area contributed by atoms with Gasteiger partial charge >= 0.3 is 0 Å². The summed E-state index contributed by atoms with van der Waals surface area (Å²) < 4.78 is 0. The first kappa shape index (κ1) is 14.4. The van der Waals surface area contributed by atoms with E-state index in [4.69, 9.17) is 5.73 Å². The first-order valence-corrected chi connectivity index (χ1v) is 6.46. The third-order valence-electron chi connectivity index (χ3n) is 3.59. The monoisotopic (exact) mass is 277 g/mol. The SMILES string of the molecule is CCC(CO)(CO)NC(=O)c1cc2cccc(N)c2[nH]1. The molecule has 0 bridgehead atoms. The Labute approximate surface area is 116 Å². The van der Waals surface area contributed by atoms with Crippen molar-refractivity contribution in [3.63, 3.8) is 0 Å². The fraction of sp³-hybridized carbons (Fsp3) is 0.357. The summed E-state index contributed by atoms with van der Waals surface area (Å²) in [7, 11) is 0. The van der Waals surface area contributed by atoms with Gasteiger partial charge in [-0.15, -0.1) is 0 Å². The maximum absolute atomic E-state index is 12.2. The molecule has 6 heteroatoms. The number of nitrogens with one attached hydrogen (secondary N) is 2. The Balaban J connectivity index is 2.30. The van der Waals surface area contributed by atoms with Crippen molar-refractivity contribution >= 4 is 22.5 Å². The van der Waals surface area contributed by atoms with Crippen LogP contribution >= 0.6 is 0 Å². The zero-order valence-corrected chi connectivity index (χ0v) is 11.3. The summed E-state index contributed by atoms with van der Waals surface area (Å²) in [5.74, 6) is -0.384. The summed E-state index contributed by atoms with van der Waals surface area (Å²) in [5.41, 5.74) is 6.43. The lowest BCUT2D eigenvalue weighted by Gasteiger charge is -2.29. The van der Waals surface area contributed by atoms with Crippen LogP contribution in [0.25, 0.3) is 10.9 Å². The summed E-state index contributed by atoms with van der Waals surface area (Å²) in [4.78, 5) is 15.2. The molecule has 6 nitrogen and oxygen atoms in total. The highest BCUT2D eigenvalue weighted by Crippen LogP contribution is 2.21. The van der Waals surface area contributed by atoms with Crippen molar-refractivity contribution in [2.24, 2.45) is 0 Å². The number of carbonyl (C=O) groups excluding carboxylic acids is 1. The minimum Gasteiger partial charge on any atom is -0.397 e. The van der Waals surface area contributed by atoms with Gasteiger partial charge in [0.05, 0.1) is 30.0 Å². The van der Waals surface area contributed by atoms with Crippen molar-refractivity contribution in [1.29, 1.82) is 0 Å². The minimum atomic E-state index is -1.01. The number of hydrogen-bond donors (Lipinski definition) is 5. The average Bonchev–Trinajstić information content (AvgIpc) is 2.90. The molecule has 0 saturated carbocycles. The topological polar surface area (TPSA) is 111 Å². The number of hydrogen-bond acceptors (Lipinski definition) is 4. The maximum atomic E-state index is 12.2. The molecule has 0 saturated heterocycles. The second kappa shape index (κ2) is 5.52. The fourth-order valence-electron chi connectivity index (χ4n) is 2.05. The van der Waals surface area contributed by atoms with E-state index in [1.807, 2.05) is 12.1 Å². The predicted octanol–water partition coefficient (Wildman–Crippen LogP) is 0.613. The first-order chi connectivity index (χ1) is 9.55. The van der Waals surface area contributed by atoms with Crippen LogP contribution in [0.4, 0.5) is 5.69 Å². The molecule has 108 valence electrons. The van der Waals surface area contributed by atoms with Crippen LogP contribution in [0.2, 0.25) is 0 Å². The molecule has 0 unspecified atom stereocenters. The molecule has 2 aromatic rings. The number of H-pyrrole nitrogens is 1. The van der Waals surface area contributed by atoms with Gasteiger partial charge < -0.3 is 26.2 Å². The number of aromatic amines is 1. The van der Waals surface area contributed by atoms with E-state index in [0.29, 0.717) is 23.3 Å². The Morgan fingerprint density at radius 3 is 2.65 bits per heavy atom. The first-order valence-electron chi connectivity index (χ1n) is 6.46. The zero-order valence-electron chi connectivity index (χ0n) is 11.3. The van der Waals surface area contributed by atoms with E-state index in [1.54, 1.807) is 19.1 Å². The van der Waals surface area contributed by atoms with Gasteiger partial charge in [0.2, 0.25) is 0 Å². The van der Waals surface area contributed by atoms with Crippen molar-refractivity contribution in [3.8, 4) is 0 Å². The Morgan fingerprint density at radius 1 is 1.40 bits per heavy atom. The third kappa shape index (κ3) is 2.48. The quantitative estimate of drug-likeness (QED) is 0.516. The molecule has 1 heterocycles. The van der Waals surface area contributed by atoms with Gasteiger partial charge in [-0.25, -0.2) is 0 Å². The summed E-state index contributed by atoms with van der Waals surface area (Å²) in [6, 6.07) is 7.10. The maximum Gasteiger partial charge on any atom is 0.268 e. The number of benzene rings is 1. The number of anilines is 1. The molecule has 1 aromatic heterocycles. The number of aliphatic hydroxyl groups is 2. The summed E-state index contributed by atoms with van der Waals surface area (Å²) >= 11 is 0. The van der Waals surface area contributed by atoms with E-state index in [9.17, 15) is 15.0 Å². The Bertz CT molecular complexity index is 609. The van der Waals surface area contributed by atoms with E-state index < -0.39 is 5.54 Å². The summed E-state index contributed by atoms with van der Waals surface area (Å²) in [6.45, 7) is 1.14. The molecular formula is C14H19N3O3. The molecule has 1 amide bonds. The van der Waals surface area contributed by atoms with Gasteiger partial charge in [-0.1, -0.05) is 19.1 Å². The van der Waals surface area contributed by atoms with Crippen LogP contribution in [0, 0.1) is 0 Å². The Hall–Kier alpha value is -2.05. The van der Waals surface area contributed by atoms with Crippen LogP contribution in [0.3, 0.4) is 0 Å². The van der Waals surface area contributed by atoms with Crippen molar-refractivity contribution in [2.45, 2.75) is 18.9 Å². The van der Waals surface area contributed by atoms with Gasteiger partial charge in [0.15, 0.2) is 0 Å². The molecular weight excluding hydrogens is 258 g/mol. The fourth-order valence-corrected chi connectivity index (χ4v) is 2.05. The molecule has 20 heavy (non-hydrogen) atoms. The van der Waals surface area contributed by atoms with E-state index in [0.717, 1.165) is 5.39 Å². The molecule has 0 spiro atoms. The Kier molecular flexibility index (Phi) is 3.96. The van der Waals surface area contributed by atoms with Crippen molar-refractivity contribution in [3.05, 3.63) is 30.0 Å². The van der Waals surface area contributed by atoms with E-state index in [1.165, 1.54) is 0 Å². The van der Waals surface area contributed by atoms with E-state index >= 15 is 0 Å². The molecule has 0 aliphatic rings. The zero-order chi connectivity index (χ0) is 14.8. The lowest BCUT2D eigenvalue weighted by molar-refractivity contribution is 0.0650. The van der Waals surface area contributed by atoms with Gasteiger partial charge in [-0.2, -0.15) is 0 Å². The van der Waals surface area contributed by atoms with Gasteiger partial charge in [-0.3, -0.25) is 4.79 Å². The molecule has 0 fully saturated rings. The summed E-state index contributed by atoms with van der Waals surface area (Å²) in [5, 5.41) is 22.2. The number of aromatic nitrogens is 1. The lowest BCUT2D eigenvalue weighted by atomic mass is 9.98. The second-order valence-corrected chi connectivity index (χ2v) is 4.90. The number of aliphatic hydroxyl groups excluding tert-OH is 2. The summed E-state index contributed by atoms with van der Waals surface area (Å²) in [6.07, 6.45) is 0.425. The van der Waals surface area contributed by atoms with Gasteiger partial charge in [0.1, 0.15) is 5.69 Å². The number of amides is 1. The van der Waals surface area contributed by atoms with Crippen molar-refractivity contribution in [2.75, 3.05) is 18.9 Å². The minimum absolute atomic E-state index is 0.325. The highest BCUT2D eigenvalue weighted by Gasteiger charge is 2.29. The normalized spacial score (nSPS) is 11.8. The third-order valence-corrected chi connectivity index (χ3v) is 3.59. The highest BCUT2D eigenvalue weighted by atomic mass is 16.3. The lowest BCUT2D eigenvalue weighted by Crippen LogP contribution is -2.53. The predicted molar refractivity (Wildman–Crippen MR) is 77.4 cm³/mol. The van der Waals surface area contributed by atoms with E-state index in [2.05, 4.69) is 10.3 Å². The van der Waals surface area contributed by atoms with Crippen molar-refractivity contribution < 1.29 is 15.0 Å². The number of para-hydroxylation sites is 1. The van der Waals surface area contributed by atoms with Crippen LogP contribution in [-0.2, 0) is 0 Å². The molecule has 0 aliphatic heterocycles. The van der Waals surface area contributed by atoms with Crippen molar-refractivity contribution in [1.82, 2.24) is 10.3 Å². The number of fused-ring (bicyclic) bond motifs is 1. The molecule has 6 N–H and O–H groups in total. The number of rotatable bonds is 5. The highest BCUT2D eigenvalue weighted by molar-refractivity contribution is 6.01. The molecule has 0 aliphatic carbocycles. The Morgan fingerprint density at radius 2 is 2.10 bits per heavy atom. The van der Waals surface area contributed by atoms with E-state index in [-0.39, 0.29) is 19.1 Å². The van der Waals surface area contributed by atoms with Crippen LogP contribution in [0.1, 0.15) is 23.8 Å². The molecule has 0 atom stereocenters. The standard InChI is InChI=1S/C14H19N3O3/c1-2-14(7-18,8-19)17-13(20)11-6-9-4-3-5-10(15)12(9)16-11/h3-6,16,18-19H,2,7-8,15H2,1H3,(H,17,20). The number of nitrogens with two attached hydrogens (primary N) is 1.